The number of carbonyl (C=O) groups is 2. The number of rotatable bonds is 9. The fourth-order valence-corrected chi connectivity index (χ4v) is 4.47. The van der Waals surface area contributed by atoms with Gasteiger partial charge in [-0.05, 0) is 36.6 Å². The molecule has 1 aromatic carbocycles. The van der Waals surface area contributed by atoms with Crippen molar-refractivity contribution in [3.8, 4) is 11.6 Å². The number of imidazole rings is 1. The van der Waals surface area contributed by atoms with E-state index < -0.39 is 5.97 Å². The van der Waals surface area contributed by atoms with Crippen molar-refractivity contribution in [2.75, 3.05) is 37.5 Å². The minimum Gasteiger partial charge on any atom is -0.491 e. The number of pyridine rings is 1. The van der Waals surface area contributed by atoms with Crippen LogP contribution in [0.25, 0.3) is 5.65 Å². The van der Waals surface area contributed by atoms with Gasteiger partial charge in [0.05, 0.1) is 25.5 Å². The van der Waals surface area contributed by atoms with E-state index in [2.05, 4.69) is 20.2 Å². The maximum absolute atomic E-state index is 12.8. The maximum Gasteiger partial charge on any atom is 0.335 e. The van der Waals surface area contributed by atoms with Crippen LogP contribution in [0.5, 0.6) is 11.6 Å². The van der Waals surface area contributed by atoms with Crippen molar-refractivity contribution in [1.29, 1.82) is 0 Å². The van der Waals surface area contributed by atoms with Crippen molar-refractivity contribution >= 4 is 34.7 Å². The van der Waals surface area contributed by atoms with Gasteiger partial charge >= 0.3 is 5.97 Å². The summed E-state index contributed by atoms with van der Waals surface area (Å²) in [6.07, 6.45) is 4.70. The zero-order valence-electron chi connectivity index (χ0n) is 20.4. The highest BCUT2D eigenvalue weighted by Gasteiger charge is 2.27. The van der Waals surface area contributed by atoms with Crippen LogP contribution in [0, 0.1) is 5.92 Å². The molecule has 0 saturated carbocycles. The van der Waals surface area contributed by atoms with Crippen molar-refractivity contribution in [2.45, 2.75) is 12.8 Å². The number of anilines is 3. The van der Waals surface area contributed by atoms with Crippen molar-refractivity contribution in [3.05, 3.63) is 66.0 Å². The Balaban J connectivity index is 1.32. The average Bonchev–Trinajstić information content (AvgIpc) is 3.58. The SMILES string of the molecule is COc1ccc(Nc2cc(N3CCC(CC(=O)c4ccc(C(=O)O)cc4)C3)nn3ccnc23)nc1OC. The molecule has 1 aliphatic rings. The molecule has 0 radical (unpaired) electrons. The monoisotopic (exact) mass is 502 g/mol. The fourth-order valence-electron chi connectivity index (χ4n) is 4.47. The van der Waals surface area contributed by atoms with Gasteiger partial charge in [0, 0.05) is 43.5 Å². The lowest BCUT2D eigenvalue weighted by molar-refractivity contribution is 0.0696. The van der Waals surface area contributed by atoms with E-state index in [9.17, 15) is 9.59 Å². The smallest absolute Gasteiger partial charge is 0.335 e. The Kier molecular flexibility index (Phi) is 6.59. The molecule has 0 bridgehead atoms. The third kappa shape index (κ3) is 5.01. The molecule has 1 fully saturated rings. The highest BCUT2D eigenvalue weighted by Crippen LogP contribution is 2.31. The fraction of sp³-hybridized carbons (Fsp3) is 0.269. The Morgan fingerprint density at radius 1 is 1.11 bits per heavy atom. The molecular formula is C26H26N6O5. The van der Waals surface area contributed by atoms with Gasteiger partial charge in [0.2, 0.25) is 0 Å². The Morgan fingerprint density at radius 2 is 1.89 bits per heavy atom. The van der Waals surface area contributed by atoms with Crippen molar-refractivity contribution in [2.24, 2.45) is 5.92 Å². The normalized spacial score (nSPS) is 15.1. The van der Waals surface area contributed by atoms with Crippen molar-refractivity contribution in [1.82, 2.24) is 19.6 Å². The van der Waals surface area contributed by atoms with Crippen LogP contribution in [-0.4, -0.2) is 63.8 Å². The van der Waals surface area contributed by atoms with Gasteiger partial charge in [-0.25, -0.2) is 14.3 Å². The highest BCUT2D eigenvalue weighted by atomic mass is 16.5. The number of nitrogens with one attached hydrogen (secondary N) is 1. The summed E-state index contributed by atoms with van der Waals surface area (Å²) in [7, 11) is 3.09. The molecule has 11 heteroatoms. The lowest BCUT2D eigenvalue weighted by Gasteiger charge is -2.19. The van der Waals surface area contributed by atoms with E-state index >= 15 is 0 Å². The van der Waals surface area contributed by atoms with E-state index in [4.69, 9.17) is 19.7 Å². The zero-order valence-corrected chi connectivity index (χ0v) is 20.4. The number of carbonyl (C=O) groups excluding carboxylic acids is 1. The number of aromatic nitrogens is 4. The number of benzene rings is 1. The highest BCUT2D eigenvalue weighted by molar-refractivity contribution is 5.97. The third-order valence-electron chi connectivity index (χ3n) is 6.39. The largest absolute Gasteiger partial charge is 0.491 e. The molecule has 190 valence electrons. The first-order chi connectivity index (χ1) is 17.9. The molecule has 0 amide bonds. The summed E-state index contributed by atoms with van der Waals surface area (Å²) in [6.45, 7) is 1.44. The number of Topliss-reactive ketones (excluding diaryl/α,β-unsaturated/α-hetero) is 1. The van der Waals surface area contributed by atoms with Gasteiger partial charge in [-0.3, -0.25) is 4.79 Å². The molecule has 1 atom stereocenters. The van der Waals surface area contributed by atoms with Crippen molar-refractivity contribution in [3.63, 3.8) is 0 Å². The summed E-state index contributed by atoms with van der Waals surface area (Å²) in [5.41, 5.74) is 2.07. The summed E-state index contributed by atoms with van der Waals surface area (Å²) >= 11 is 0. The number of fused-ring (bicyclic) bond motifs is 1. The Hall–Kier alpha value is -4.67. The Labute approximate surface area is 212 Å². The lowest BCUT2D eigenvalue weighted by atomic mass is 9.97. The quantitative estimate of drug-likeness (QED) is 0.327. The number of aromatic carboxylic acids is 1. The second-order valence-corrected chi connectivity index (χ2v) is 8.76. The van der Waals surface area contributed by atoms with Crippen LogP contribution in [0.4, 0.5) is 17.3 Å². The van der Waals surface area contributed by atoms with Crippen LogP contribution in [-0.2, 0) is 0 Å². The molecule has 4 aromatic rings. The average molecular weight is 503 g/mol. The minimum absolute atomic E-state index is 0.00342. The van der Waals surface area contributed by atoms with Gasteiger partial charge in [0.1, 0.15) is 5.82 Å². The minimum atomic E-state index is -1.01. The molecule has 3 aromatic heterocycles. The van der Waals surface area contributed by atoms with Gasteiger partial charge in [-0.1, -0.05) is 12.1 Å². The number of ether oxygens (including phenoxy) is 2. The van der Waals surface area contributed by atoms with Crippen molar-refractivity contribution < 1.29 is 24.2 Å². The number of carboxylic acid groups (broad SMARTS) is 1. The first kappa shape index (κ1) is 24.0. The first-order valence-corrected chi connectivity index (χ1v) is 11.8. The number of nitrogens with zero attached hydrogens (tertiary/aromatic N) is 5. The predicted octanol–water partition coefficient (Wildman–Crippen LogP) is 3.68. The standard InChI is InChI=1S/C26H26N6O5/c1-36-21-7-8-22(29-25(21)37-2)28-19-14-23(30-32-12-10-27-24(19)32)31-11-9-16(15-31)13-20(33)17-3-5-18(6-4-17)26(34)35/h3-8,10,12,14,16H,9,11,13,15H2,1-2H3,(H,28,29)(H,34,35). The second-order valence-electron chi connectivity index (χ2n) is 8.76. The van der Waals surface area contributed by atoms with Crippen LogP contribution < -0.4 is 19.7 Å². The van der Waals surface area contributed by atoms with E-state index in [1.807, 2.05) is 6.07 Å². The van der Waals surface area contributed by atoms with Crippen LogP contribution >= 0.6 is 0 Å². The van der Waals surface area contributed by atoms with Gasteiger partial charge in [-0.15, -0.1) is 5.10 Å². The van der Waals surface area contributed by atoms with E-state index in [0.29, 0.717) is 41.6 Å². The summed E-state index contributed by atoms with van der Waals surface area (Å²) in [6, 6.07) is 11.6. The maximum atomic E-state index is 12.8. The number of hydrogen-bond acceptors (Lipinski definition) is 9. The summed E-state index contributed by atoms with van der Waals surface area (Å²) < 4.78 is 12.3. The Bertz CT molecular complexity index is 1450. The topological polar surface area (TPSA) is 131 Å². The third-order valence-corrected chi connectivity index (χ3v) is 6.39. The number of methoxy groups -OCH3 is 2. The van der Waals surface area contributed by atoms with Gasteiger partial charge in [-0.2, -0.15) is 4.98 Å². The Morgan fingerprint density at radius 3 is 2.62 bits per heavy atom. The molecule has 0 spiro atoms. The van der Waals surface area contributed by atoms with E-state index in [1.54, 1.807) is 48.3 Å². The molecule has 37 heavy (non-hydrogen) atoms. The molecule has 1 aliphatic heterocycles. The number of hydrogen-bond donors (Lipinski definition) is 2. The number of ketones is 1. The zero-order chi connectivity index (χ0) is 25.9. The molecule has 0 aliphatic carbocycles. The summed E-state index contributed by atoms with van der Waals surface area (Å²) in [5, 5.41) is 17.1. The van der Waals surface area contributed by atoms with Crippen LogP contribution in [0.1, 0.15) is 33.6 Å². The van der Waals surface area contributed by atoms with E-state index in [1.165, 1.54) is 19.2 Å². The molecule has 4 heterocycles. The second kappa shape index (κ2) is 10.1. The van der Waals surface area contributed by atoms with E-state index in [0.717, 1.165) is 24.5 Å². The lowest BCUT2D eigenvalue weighted by Crippen LogP contribution is -2.22. The molecular weight excluding hydrogens is 476 g/mol. The molecule has 2 N–H and O–H groups in total. The molecule has 11 nitrogen and oxygen atoms in total. The predicted molar refractivity (Wildman–Crippen MR) is 136 cm³/mol. The summed E-state index contributed by atoms with van der Waals surface area (Å²) in [4.78, 5) is 34.9. The van der Waals surface area contributed by atoms with Gasteiger partial charge < -0.3 is 24.8 Å². The molecule has 1 unspecified atom stereocenters. The van der Waals surface area contributed by atoms with Gasteiger partial charge in [0.15, 0.2) is 23.0 Å². The first-order valence-electron chi connectivity index (χ1n) is 11.8. The molecule has 5 rings (SSSR count). The van der Waals surface area contributed by atoms with Crippen LogP contribution in [0.2, 0.25) is 0 Å². The number of carboxylic acids is 1. The van der Waals surface area contributed by atoms with E-state index in [-0.39, 0.29) is 17.3 Å². The molecule has 1 saturated heterocycles. The van der Waals surface area contributed by atoms with Crippen LogP contribution in [0.3, 0.4) is 0 Å². The van der Waals surface area contributed by atoms with Gasteiger partial charge in [0.25, 0.3) is 5.88 Å². The summed E-state index contributed by atoms with van der Waals surface area (Å²) in [5.74, 6) is 1.38. The van der Waals surface area contributed by atoms with Crippen LogP contribution in [0.15, 0.2) is 54.9 Å².